The van der Waals surface area contributed by atoms with Gasteiger partial charge in [0, 0.05) is 5.56 Å². The number of ether oxygens (including phenoxy) is 1. The third-order valence-electron chi connectivity index (χ3n) is 1.96. The summed E-state index contributed by atoms with van der Waals surface area (Å²) in [6.07, 6.45) is 1.42. The molecular formula is C9H10N6O2. The number of phenols is 1. The SMILES string of the molecule is COc1cccc(/C=N\Nc2nn[nH]n2)c1O. The second-order valence-corrected chi connectivity index (χ2v) is 3.00. The number of aromatic hydroxyl groups is 1. The van der Waals surface area contributed by atoms with Gasteiger partial charge in [0.1, 0.15) is 0 Å². The van der Waals surface area contributed by atoms with E-state index in [1.54, 1.807) is 18.2 Å². The number of hydrogen-bond donors (Lipinski definition) is 3. The van der Waals surface area contributed by atoms with Gasteiger partial charge < -0.3 is 9.84 Å². The Morgan fingerprint density at radius 1 is 1.53 bits per heavy atom. The summed E-state index contributed by atoms with van der Waals surface area (Å²) in [5.41, 5.74) is 3.05. The van der Waals surface area contributed by atoms with Gasteiger partial charge in [0.05, 0.1) is 13.3 Å². The van der Waals surface area contributed by atoms with E-state index in [-0.39, 0.29) is 11.7 Å². The number of anilines is 1. The summed E-state index contributed by atoms with van der Waals surface area (Å²) in [6.45, 7) is 0. The molecule has 0 aliphatic carbocycles. The van der Waals surface area contributed by atoms with Gasteiger partial charge in [0.2, 0.25) is 0 Å². The molecule has 0 unspecified atom stereocenters. The van der Waals surface area contributed by atoms with Gasteiger partial charge in [-0.15, -0.1) is 5.10 Å². The standard InChI is InChI=1S/C9H10N6O2/c1-17-7-4-2-3-6(8(7)16)5-10-11-9-12-14-15-13-9/h2-5,16H,1H3,(H2,11,12,13,14,15)/b10-5-. The van der Waals surface area contributed by atoms with E-state index in [0.717, 1.165) is 0 Å². The van der Waals surface area contributed by atoms with Crippen molar-refractivity contribution in [1.29, 1.82) is 0 Å². The molecule has 0 aliphatic rings. The Bertz CT molecular complexity index is 510. The summed E-state index contributed by atoms with van der Waals surface area (Å²) in [7, 11) is 1.48. The molecule has 1 aromatic heterocycles. The van der Waals surface area contributed by atoms with Gasteiger partial charge in [0.15, 0.2) is 11.5 Å². The first-order valence-corrected chi connectivity index (χ1v) is 4.69. The minimum absolute atomic E-state index is 0.0219. The normalized spacial score (nSPS) is 10.6. The highest BCUT2D eigenvalue weighted by Gasteiger charge is 2.04. The number of aromatic nitrogens is 4. The number of methoxy groups -OCH3 is 1. The zero-order valence-electron chi connectivity index (χ0n) is 8.95. The van der Waals surface area contributed by atoms with Crippen molar-refractivity contribution >= 4 is 12.2 Å². The van der Waals surface area contributed by atoms with Crippen LogP contribution in [0.3, 0.4) is 0 Å². The Labute approximate surface area is 96.3 Å². The van der Waals surface area contributed by atoms with Gasteiger partial charge >= 0.3 is 0 Å². The molecule has 0 amide bonds. The number of nitrogens with zero attached hydrogens (tertiary/aromatic N) is 4. The van der Waals surface area contributed by atoms with Crippen molar-refractivity contribution in [2.24, 2.45) is 5.10 Å². The molecule has 3 N–H and O–H groups in total. The lowest BCUT2D eigenvalue weighted by Crippen LogP contribution is -1.94. The summed E-state index contributed by atoms with van der Waals surface area (Å²) in [5, 5.41) is 26.5. The van der Waals surface area contributed by atoms with Gasteiger partial charge in [-0.2, -0.15) is 10.3 Å². The molecule has 88 valence electrons. The number of para-hydroxylation sites is 1. The molecule has 0 saturated carbocycles. The highest BCUT2D eigenvalue weighted by atomic mass is 16.5. The Hall–Kier alpha value is -2.64. The van der Waals surface area contributed by atoms with Crippen LogP contribution >= 0.6 is 0 Å². The Morgan fingerprint density at radius 2 is 2.41 bits per heavy atom. The minimum atomic E-state index is 0.0219. The predicted molar refractivity (Wildman–Crippen MR) is 60.1 cm³/mol. The second-order valence-electron chi connectivity index (χ2n) is 3.00. The molecule has 1 aromatic carbocycles. The summed E-state index contributed by atoms with van der Waals surface area (Å²) >= 11 is 0. The topological polar surface area (TPSA) is 108 Å². The van der Waals surface area contributed by atoms with Crippen molar-refractivity contribution in [3.63, 3.8) is 0 Å². The van der Waals surface area contributed by atoms with Crippen LogP contribution in [0.5, 0.6) is 11.5 Å². The van der Waals surface area contributed by atoms with Crippen molar-refractivity contribution in [2.75, 3.05) is 12.5 Å². The quantitative estimate of drug-likeness (QED) is 0.520. The minimum Gasteiger partial charge on any atom is -0.504 e. The van der Waals surface area contributed by atoms with E-state index >= 15 is 0 Å². The third-order valence-corrected chi connectivity index (χ3v) is 1.96. The van der Waals surface area contributed by atoms with E-state index in [9.17, 15) is 5.11 Å². The van der Waals surface area contributed by atoms with E-state index in [0.29, 0.717) is 11.3 Å². The first-order valence-electron chi connectivity index (χ1n) is 4.69. The van der Waals surface area contributed by atoms with E-state index in [1.807, 2.05) is 0 Å². The molecule has 8 nitrogen and oxygen atoms in total. The van der Waals surface area contributed by atoms with Crippen molar-refractivity contribution < 1.29 is 9.84 Å². The van der Waals surface area contributed by atoms with Crippen LogP contribution in [0.2, 0.25) is 0 Å². The summed E-state index contributed by atoms with van der Waals surface area (Å²) < 4.78 is 4.97. The zero-order valence-corrected chi connectivity index (χ0v) is 8.95. The monoisotopic (exact) mass is 234 g/mol. The van der Waals surface area contributed by atoms with Gasteiger partial charge in [-0.3, -0.25) is 0 Å². The Kier molecular flexibility index (Phi) is 3.15. The van der Waals surface area contributed by atoms with Gasteiger partial charge in [-0.05, 0) is 17.3 Å². The second kappa shape index (κ2) is 4.92. The first kappa shape index (κ1) is 10.9. The predicted octanol–water partition coefficient (Wildman–Crippen LogP) is 0.360. The fourth-order valence-electron chi connectivity index (χ4n) is 1.18. The molecule has 0 fully saturated rings. The van der Waals surface area contributed by atoms with Crippen LogP contribution in [-0.4, -0.2) is 39.1 Å². The number of H-pyrrole nitrogens is 1. The van der Waals surface area contributed by atoms with E-state index in [1.165, 1.54) is 13.3 Å². The lowest BCUT2D eigenvalue weighted by Gasteiger charge is -2.04. The number of hydrogen-bond acceptors (Lipinski definition) is 7. The molecule has 17 heavy (non-hydrogen) atoms. The summed E-state index contributed by atoms with van der Waals surface area (Å²) in [4.78, 5) is 0. The molecule has 0 aliphatic heterocycles. The first-order chi connectivity index (χ1) is 8.31. The van der Waals surface area contributed by atoms with Crippen LogP contribution in [0.25, 0.3) is 0 Å². The van der Waals surface area contributed by atoms with E-state index < -0.39 is 0 Å². The maximum atomic E-state index is 9.75. The smallest absolute Gasteiger partial charge is 0.283 e. The lowest BCUT2D eigenvalue weighted by molar-refractivity contribution is 0.373. The molecule has 8 heteroatoms. The molecule has 0 atom stereocenters. The number of benzene rings is 1. The van der Waals surface area contributed by atoms with Crippen molar-refractivity contribution in [1.82, 2.24) is 20.6 Å². The summed E-state index contributed by atoms with van der Waals surface area (Å²) in [6, 6.07) is 5.09. The number of rotatable bonds is 4. The van der Waals surface area contributed by atoms with E-state index in [2.05, 4.69) is 31.2 Å². The Balaban J connectivity index is 2.10. The van der Waals surface area contributed by atoms with Crippen molar-refractivity contribution in [2.45, 2.75) is 0 Å². The summed E-state index contributed by atoms with van der Waals surface area (Å²) in [5.74, 6) is 0.644. The van der Waals surface area contributed by atoms with Gasteiger partial charge in [-0.1, -0.05) is 11.2 Å². The number of hydrazone groups is 1. The average molecular weight is 234 g/mol. The van der Waals surface area contributed by atoms with Crippen LogP contribution in [0.15, 0.2) is 23.3 Å². The highest BCUT2D eigenvalue weighted by molar-refractivity contribution is 5.85. The number of aromatic amines is 1. The van der Waals surface area contributed by atoms with Crippen molar-refractivity contribution in [3.8, 4) is 11.5 Å². The maximum absolute atomic E-state index is 9.75. The van der Waals surface area contributed by atoms with Gasteiger partial charge in [-0.25, -0.2) is 5.43 Å². The molecule has 2 rings (SSSR count). The van der Waals surface area contributed by atoms with Gasteiger partial charge in [0.25, 0.3) is 5.95 Å². The van der Waals surface area contributed by atoms with Crippen LogP contribution in [0, 0.1) is 0 Å². The molecule has 0 saturated heterocycles. The molecule has 0 radical (unpaired) electrons. The van der Waals surface area contributed by atoms with Crippen LogP contribution in [-0.2, 0) is 0 Å². The average Bonchev–Trinajstić information content (AvgIpc) is 2.84. The molecule has 1 heterocycles. The zero-order chi connectivity index (χ0) is 12.1. The van der Waals surface area contributed by atoms with Crippen LogP contribution in [0.4, 0.5) is 5.95 Å². The van der Waals surface area contributed by atoms with E-state index in [4.69, 9.17) is 4.74 Å². The van der Waals surface area contributed by atoms with Crippen molar-refractivity contribution in [3.05, 3.63) is 23.8 Å². The lowest BCUT2D eigenvalue weighted by atomic mass is 10.2. The van der Waals surface area contributed by atoms with Crippen LogP contribution < -0.4 is 10.2 Å². The highest BCUT2D eigenvalue weighted by Crippen LogP contribution is 2.27. The molecule has 0 bridgehead atoms. The van der Waals surface area contributed by atoms with Crippen LogP contribution in [0.1, 0.15) is 5.56 Å². The fourth-order valence-corrected chi connectivity index (χ4v) is 1.18. The largest absolute Gasteiger partial charge is 0.504 e. The Morgan fingerprint density at radius 3 is 3.12 bits per heavy atom. The molecule has 2 aromatic rings. The number of nitrogens with one attached hydrogen (secondary N) is 2. The molecular weight excluding hydrogens is 224 g/mol. The third kappa shape index (κ3) is 2.48. The number of phenolic OH excluding ortho intramolecular Hbond substituents is 1. The fraction of sp³-hybridized carbons (Fsp3) is 0.111. The molecule has 0 spiro atoms. The number of tetrazole rings is 1. The maximum Gasteiger partial charge on any atom is 0.283 e.